The van der Waals surface area contributed by atoms with Gasteiger partial charge in [0.15, 0.2) is 0 Å². The van der Waals surface area contributed by atoms with Gasteiger partial charge in [-0.2, -0.15) is 0 Å². The largest absolute Gasteiger partial charge is 0.314 e. The lowest BCUT2D eigenvalue weighted by Crippen LogP contribution is -2.45. The highest BCUT2D eigenvalue weighted by Crippen LogP contribution is 2.37. The first-order chi connectivity index (χ1) is 10.2. The van der Waals surface area contributed by atoms with Gasteiger partial charge in [-0.3, -0.25) is 4.90 Å². The second-order valence-electron chi connectivity index (χ2n) is 4.97. The number of benzene rings is 1. The quantitative estimate of drug-likeness (QED) is 0.835. The van der Waals surface area contributed by atoms with Crippen molar-refractivity contribution in [3.63, 3.8) is 0 Å². The number of thiophene rings is 1. The normalized spacial score (nSPS) is 17.0. The van der Waals surface area contributed by atoms with Crippen molar-refractivity contribution in [3.05, 3.63) is 55.9 Å². The lowest BCUT2D eigenvalue weighted by Gasteiger charge is -2.35. The van der Waals surface area contributed by atoms with Crippen LogP contribution in [-0.4, -0.2) is 31.1 Å². The molecular weight excluding hydrogens is 366 g/mol. The predicted octanol–water partition coefficient (Wildman–Crippen LogP) is 4.61. The Morgan fingerprint density at radius 2 is 1.86 bits per heavy atom. The van der Waals surface area contributed by atoms with Gasteiger partial charge in [-0.1, -0.05) is 35.3 Å². The van der Waals surface area contributed by atoms with Crippen molar-refractivity contribution in [1.29, 1.82) is 0 Å². The third-order valence-electron chi connectivity index (χ3n) is 3.66. The molecule has 2 aromatic rings. The SMILES string of the molecule is Cl.Fc1c(Cl)cccc1[C@H](c1ccc(Cl)s1)N1CCNCC1. The maximum atomic E-state index is 14.5. The number of hydrogen-bond donors (Lipinski definition) is 1. The summed E-state index contributed by atoms with van der Waals surface area (Å²) >= 11 is 13.5. The fourth-order valence-corrected chi connectivity index (χ4v) is 4.07. The Balaban J connectivity index is 0.00000176. The second-order valence-corrected chi connectivity index (χ2v) is 7.13. The number of rotatable bonds is 3. The average Bonchev–Trinajstić information content (AvgIpc) is 2.91. The molecule has 1 aliphatic heterocycles. The third kappa shape index (κ3) is 3.75. The zero-order chi connectivity index (χ0) is 14.8. The van der Waals surface area contributed by atoms with Crippen molar-refractivity contribution in [3.8, 4) is 0 Å². The van der Waals surface area contributed by atoms with Gasteiger partial charge < -0.3 is 5.32 Å². The molecule has 0 radical (unpaired) electrons. The zero-order valence-electron chi connectivity index (χ0n) is 11.7. The van der Waals surface area contributed by atoms with E-state index < -0.39 is 0 Å². The van der Waals surface area contributed by atoms with Crippen LogP contribution in [0.5, 0.6) is 0 Å². The summed E-state index contributed by atoms with van der Waals surface area (Å²) in [6.45, 7) is 3.54. The molecule has 1 N–H and O–H groups in total. The lowest BCUT2D eigenvalue weighted by molar-refractivity contribution is 0.197. The van der Waals surface area contributed by atoms with Crippen molar-refractivity contribution in [2.45, 2.75) is 6.04 Å². The molecule has 0 spiro atoms. The van der Waals surface area contributed by atoms with Crippen molar-refractivity contribution in [1.82, 2.24) is 10.2 Å². The van der Waals surface area contributed by atoms with E-state index in [9.17, 15) is 4.39 Å². The van der Waals surface area contributed by atoms with E-state index in [-0.39, 0.29) is 29.3 Å². The number of hydrogen-bond acceptors (Lipinski definition) is 3. The molecule has 0 amide bonds. The van der Waals surface area contributed by atoms with E-state index >= 15 is 0 Å². The molecule has 0 bridgehead atoms. The Labute approximate surface area is 149 Å². The van der Waals surface area contributed by atoms with Crippen LogP contribution in [0.25, 0.3) is 0 Å². The molecule has 7 heteroatoms. The van der Waals surface area contributed by atoms with Gasteiger partial charge in [0, 0.05) is 36.6 Å². The van der Waals surface area contributed by atoms with Gasteiger partial charge in [0.2, 0.25) is 0 Å². The van der Waals surface area contributed by atoms with Gasteiger partial charge in [-0.25, -0.2) is 4.39 Å². The monoisotopic (exact) mass is 380 g/mol. The van der Waals surface area contributed by atoms with E-state index in [1.54, 1.807) is 12.1 Å². The van der Waals surface area contributed by atoms with Crippen LogP contribution in [0, 0.1) is 5.82 Å². The molecule has 1 aromatic heterocycles. The Morgan fingerprint density at radius 1 is 1.14 bits per heavy atom. The molecule has 1 aliphatic rings. The van der Waals surface area contributed by atoms with Gasteiger partial charge in [0.05, 0.1) is 15.4 Å². The molecule has 1 saturated heterocycles. The molecular formula is C15H16Cl3FN2S. The molecule has 0 aliphatic carbocycles. The van der Waals surface area contributed by atoms with Crippen LogP contribution in [0.4, 0.5) is 4.39 Å². The summed E-state index contributed by atoms with van der Waals surface area (Å²) in [6.07, 6.45) is 0. The molecule has 22 heavy (non-hydrogen) atoms. The van der Waals surface area contributed by atoms with E-state index in [1.165, 1.54) is 11.3 Å². The van der Waals surface area contributed by atoms with Crippen LogP contribution in [-0.2, 0) is 0 Å². The zero-order valence-corrected chi connectivity index (χ0v) is 14.8. The summed E-state index contributed by atoms with van der Waals surface area (Å²) in [5, 5.41) is 3.48. The molecule has 120 valence electrons. The highest BCUT2D eigenvalue weighted by Gasteiger charge is 2.28. The molecule has 1 fully saturated rings. The van der Waals surface area contributed by atoms with Crippen LogP contribution < -0.4 is 5.32 Å². The summed E-state index contributed by atoms with van der Waals surface area (Å²) in [5.74, 6) is -0.341. The van der Waals surface area contributed by atoms with Gasteiger partial charge in [-0.15, -0.1) is 23.7 Å². The van der Waals surface area contributed by atoms with E-state index in [1.807, 2.05) is 18.2 Å². The van der Waals surface area contributed by atoms with E-state index in [4.69, 9.17) is 23.2 Å². The average molecular weight is 382 g/mol. The highest BCUT2D eigenvalue weighted by atomic mass is 35.5. The Bertz CT molecular complexity index is 629. The summed E-state index contributed by atoms with van der Waals surface area (Å²) in [7, 11) is 0. The van der Waals surface area contributed by atoms with Gasteiger partial charge in [0.25, 0.3) is 0 Å². The van der Waals surface area contributed by atoms with Crippen molar-refractivity contribution < 1.29 is 4.39 Å². The van der Waals surface area contributed by atoms with Crippen LogP contribution in [0.15, 0.2) is 30.3 Å². The topological polar surface area (TPSA) is 15.3 Å². The molecule has 1 aromatic carbocycles. The number of piperazine rings is 1. The number of nitrogens with one attached hydrogen (secondary N) is 1. The van der Waals surface area contributed by atoms with E-state index in [0.29, 0.717) is 9.90 Å². The Morgan fingerprint density at radius 3 is 2.50 bits per heavy atom. The van der Waals surface area contributed by atoms with E-state index in [2.05, 4.69) is 10.2 Å². The summed E-state index contributed by atoms with van der Waals surface area (Å²) in [5.41, 5.74) is 0.614. The summed E-state index contributed by atoms with van der Waals surface area (Å²) < 4.78 is 15.2. The second kappa shape index (κ2) is 7.95. The lowest BCUT2D eigenvalue weighted by atomic mass is 10.0. The fourth-order valence-electron chi connectivity index (χ4n) is 2.68. The van der Waals surface area contributed by atoms with E-state index in [0.717, 1.165) is 31.1 Å². The van der Waals surface area contributed by atoms with Gasteiger partial charge >= 0.3 is 0 Å². The van der Waals surface area contributed by atoms with Crippen LogP contribution in [0.2, 0.25) is 9.36 Å². The molecule has 1 atom stereocenters. The minimum absolute atomic E-state index is 0. The molecule has 2 heterocycles. The minimum Gasteiger partial charge on any atom is -0.314 e. The predicted molar refractivity (Wildman–Crippen MR) is 94.3 cm³/mol. The fraction of sp³-hybridized carbons (Fsp3) is 0.333. The van der Waals surface area contributed by atoms with Crippen molar-refractivity contribution in [2.75, 3.05) is 26.2 Å². The first-order valence-corrected chi connectivity index (χ1v) is 8.38. The Kier molecular flexibility index (Phi) is 6.50. The number of nitrogens with zero attached hydrogens (tertiary/aromatic N) is 1. The maximum absolute atomic E-state index is 14.5. The first-order valence-electron chi connectivity index (χ1n) is 6.81. The first kappa shape index (κ1) is 18.0. The van der Waals surface area contributed by atoms with Crippen molar-refractivity contribution in [2.24, 2.45) is 0 Å². The van der Waals surface area contributed by atoms with Gasteiger partial charge in [0.1, 0.15) is 5.82 Å². The minimum atomic E-state index is -0.341. The van der Waals surface area contributed by atoms with Crippen LogP contribution >= 0.6 is 46.9 Å². The third-order valence-corrected chi connectivity index (χ3v) is 5.23. The highest BCUT2D eigenvalue weighted by molar-refractivity contribution is 7.16. The maximum Gasteiger partial charge on any atom is 0.146 e. The summed E-state index contributed by atoms with van der Waals surface area (Å²) in [4.78, 5) is 3.32. The van der Waals surface area contributed by atoms with Crippen molar-refractivity contribution >= 4 is 46.9 Å². The molecule has 0 saturated carbocycles. The molecule has 2 nitrogen and oxygen atoms in total. The van der Waals surface area contributed by atoms with Gasteiger partial charge in [-0.05, 0) is 18.2 Å². The van der Waals surface area contributed by atoms with Crippen LogP contribution in [0.3, 0.4) is 0 Å². The molecule has 3 rings (SSSR count). The standard InChI is InChI=1S/C15H15Cl2FN2S.ClH/c16-11-3-1-2-10(14(11)18)15(12-4-5-13(17)21-12)20-8-6-19-7-9-20;/h1-5,15,19H,6-9H2;1H/t15-;/m1./s1. The molecule has 0 unspecified atom stereocenters. The van der Waals surface area contributed by atoms with Crippen LogP contribution in [0.1, 0.15) is 16.5 Å². The smallest absolute Gasteiger partial charge is 0.146 e. The number of halogens is 4. The summed E-state index contributed by atoms with van der Waals surface area (Å²) in [6, 6.07) is 8.88. The Hall–Kier alpha value is -0.360.